The number of benzene rings is 4. The summed E-state index contributed by atoms with van der Waals surface area (Å²) in [6, 6.07) is 36.0. The van der Waals surface area contributed by atoms with Gasteiger partial charge in [-0.05, 0) is 74.9 Å². The standard InChI is InChI=1S/C29H30OP.ClH/c1-22-8-14-27(15-9-22)31(28-16-10-23(2)11-17-28,29-18-12-24(3)13-19-29)21-25-6-5-7-26(20-25)30-4;/h5-20H,21H2,1-4H3;1H/q+1;/p-1. The lowest BCUT2D eigenvalue weighted by Gasteiger charge is -2.28. The highest BCUT2D eigenvalue weighted by Gasteiger charge is 2.45. The first-order chi connectivity index (χ1) is 15.0. The van der Waals surface area contributed by atoms with Crippen LogP contribution in [0.3, 0.4) is 0 Å². The normalized spacial score (nSPS) is 11.0. The molecule has 4 aromatic carbocycles. The van der Waals surface area contributed by atoms with Crippen molar-refractivity contribution >= 4 is 23.2 Å². The Labute approximate surface area is 199 Å². The molecule has 0 aliphatic rings. The largest absolute Gasteiger partial charge is 1.00 e. The van der Waals surface area contributed by atoms with Crippen LogP contribution in [0.1, 0.15) is 22.3 Å². The van der Waals surface area contributed by atoms with Gasteiger partial charge in [0.25, 0.3) is 0 Å². The fourth-order valence-corrected chi connectivity index (χ4v) is 8.32. The van der Waals surface area contributed by atoms with Crippen LogP contribution in [0.15, 0.2) is 97.1 Å². The summed E-state index contributed by atoms with van der Waals surface area (Å²) in [6.45, 7) is 6.47. The number of halogens is 1. The predicted octanol–water partition coefficient (Wildman–Crippen LogP) is 3.12. The smallest absolute Gasteiger partial charge is 0.119 e. The van der Waals surface area contributed by atoms with E-state index in [1.165, 1.54) is 38.2 Å². The van der Waals surface area contributed by atoms with Crippen molar-refractivity contribution in [3.8, 4) is 5.75 Å². The highest BCUT2D eigenvalue weighted by molar-refractivity contribution is 7.95. The van der Waals surface area contributed by atoms with E-state index in [4.69, 9.17) is 4.74 Å². The Morgan fingerprint density at radius 2 is 1.00 bits per heavy atom. The van der Waals surface area contributed by atoms with Gasteiger partial charge in [-0.3, -0.25) is 0 Å². The third-order valence-corrected chi connectivity index (χ3v) is 10.4. The Morgan fingerprint density at radius 1 is 0.594 bits per heavy atom. The van der Waals surface area contributed by atoms with E-state index in [-0.39, 0.29) is 12.4 Å². The van der Waals surface area contributed by atoms with Crippen molar-refractivity contribution in [1.82, 2.24) is 0 Å². The lowest BCUT2D eigenvalue weighted by atomic mass is 10.2. The van der Waals surface area contributed by atoms with E-state index in [2.05, 4.69) is 112 Å². The molecule has 0 amide bonds. The molecule has 0 saturated carbocycles. The maximum atomic E-state index is 5.55. The van der Waals surface area contributed by atoms with Gasteiger partial charge in [-0.25, -0.2) is 0 Å². The molecule has 0 atom stereocenters. The van der Waals surface area contributed by atoms with Crippen LogP contribution in [0.2, 0.25) is 0 Å². The van der Waals surface area contributed by atoms with Crippen LogP contribution in [-0.4, -0.2) is 7.11 Å². The summed E-state index contributed by atoms with van der Waals surface area (Å²) in [7, 11) is -0.183. The minimum Gasteiger partial charge on any atom is -1.00 e. The van der Waals surface area contributed by atoms with Gasteiger partial charge in [0, 0.05) is 0 Å². The van der Waals surface area contributed by atoms with Crippen molar-refractivity contribution in [3.05, 3.63) is 119 Å². The van der Waals surface area contributed by atoms with Crippen LogP contribution >= 0.6 is 7.26 Å². The lowest BCUT2D eigenvalue weighted by Crippen LogP contribution is -3.00. The fraction of sp³-hybridized carbons (Fsp3) is 0.172. The van der Waals surface area contributed by atoms with Crippen LogP contribution in [-0.2, 0) is 6.16 Å². The second kappa shape index (κ2) is 10.3. The van der Waals surface area contributed by atoms with Crippen molar-refractivity contribution in [2.24, 2.45) is 0 Å². The maximum absolute atomic E-state index is 5.55. The Kier molecular flexibility index (Phi) is 7.77. The van der Waals surface area contributed by atoms with Crippen molar-refractivity contribution in [1.29, 1.82) is 0 Å². The van der Waals surface area contributed by atoms with Gasteiger partial charge in [0.05, 0.1) is 13.3 Å². The molecule has 3 heteroatoms. The average molecular weight is 461 g/mol. The van der Waals surface area contributed by atoms with Gasteiger partial charge in [-0.15, -0.1) is 0 Å². The van der Waals surface area contributed by atoms with Crippen molar-refractivity contribution in [2.45, 2.75) is 26.9 Å². The van der Waals surface area contributed by atoms with Crippen LogP contribution in [0.5, 0.6) is 5.75 Å². The van der Waals surface area contributed by atoms with Gasteiger partial charge < -0.3 is 17.1 Å². The molecular formula is C29H30ClOP. The highest BCUT2D eigenvalue weighted by Crippen LogP contribution is 2.58. The highest BCUT2D eigenvalue weighted by atomic mass is 35.5. The van der Waals surface area contributed by atoms with Crippen molar-refractivity contribution < 1.29 is 17.1 Å². The number of hydrogen-bond acceptors (Lipinski definition) is 1. The predicted molar refractivity (Wildman–Crippen MR) is 136 cm³/mol. The first-order valence-corrected chi connectivity index (χ1v) is 12.7. The number of ether oxygens (including phenoxy) is 1. The molecule has 0 bridgehead atoms. The monoisotopic (exact) mass is 460 g/mol. The Bertz CT molecular complexity index is 1040. The van der Waals surface area contributed by atoms with Crippen molar-refractivity contribution in [3.63, 3.8) is 0 Å². The summed E-state index contributed by atoms with van der Waals surface area (Å²) in [4.78, 5) is 0. The van der Waals surface area contributed by atoms with E-state index in [9.17, 15) is 0 Å². The molecule has 164 valence electrons. The van der Waals surface area contributed by atoms with E-state index < -0.39 is 7.26 Å². The molecule has 32 heavy (non-hydrogen) atoms. The molecule has 0 fully saturated rings. The number of rotatable bonds is 6. The van der Waals surface area contributed by atoms with E-state index in [1.54, 1.807) is 7.11 Å². The maximum Gasteiger partial charge on any atom is 0.119 e. The second-order valence-electron chi connectivity index (χ2n) is 8.33. The molecule has 4 rings (SSSR count). The SMILES string of the molecule is COc1cccc(C[P+](c2ccc(C)cc2)(c2ccc(C)cc2)c2ccc(C)cc2)c1.[Cl-]. The Morgan fingerprint density at radius 3 is 1.38 bits per heavy atom. The molecule has 0 N–H and O–H groups in total. The quantitative estimate of drug-likeness (QED) is 0.402. The molecule has 1 nitrogen and oxygen atoms in total. The first kappa shape index (κ1) is 24.1. The zero-order valence-electron chi connectivity index (χ0n) is 19.2. The van der Waals surface area contributed by atoms with E-state index >= 15 is 0 Å². The number of hydrogen-bond donors (Lipinski definition) is 0. The van der Waals surface area contributed by atoms with E-state index in [0.29, 0.717) is 0 Å². The number of aryl methyl sites for hydroxylation is 3. The zero-order valence-corrected chi connectivity index (χ0v) is 20.8. The van der Waals surface area contributed by atoms with Gasteiger partial charge in [0.15, 0.2) is 0 Å². The summed E-state index contributed by atoms with van der Waals surface area (Å²) in [5.41, 5.74) is 5.16. The summed E-state index contributed by atoms with van der Waals surface area (Å²) in [6.07, 6.45) is 0.958. The first-order valence-electron chi connectivity index (χ1n) is 10.7. The molecule has 0 heterocycles. The topological polar surface area (TPSA) is 9.23 Å². The summed E-state index contributed by atoms with van der Waals surface area (Å²) < 4.78 is 5.55. The van der Waals surface area contributed by atoms with E-state index in [0.717, 1.165) is 11.9 Å². The third kappa shape index (κ3) is 4.90. The fourth-order valence-electron chi connectivity index (χ4n) is 4.16. The van der Waals surface area contributed by atoms with E-state index in [1.807, 2.05) is 6.07 Å². The second-order valence-corrected chi connectivity index (χ2v) is 11.8. The molecule has 0 radical (unpaired) electrons. The summed E-state index contributed by atoms with van der Waals surface area (Å²) >= 11 is 0. The Hall–Kier alpha value is -2.60. The van der Waals surface area contributed by atoms with Crippen LogP contribution in [0, 0.1) is 20.8 Å². The lowest BCUT2D eigenvalue weighted by molar-refractivity contribution is -0.00000668. The van der Waals surface area contributed by atoms with Gasteiger partial charge in [0.1, 0.15) is 28.9 Å². The Balaban J connectivity index is 0.00000289. The third-order valence-electron chi connectivity index (χ3n) is 5.98. The molecule has 0 saturated heterocycles. The average Bonchev–Trinajstić information content (AvgIpc) is 2.79. The van der Waals surface area contributed by atoms with Gasteiger partial charge in [-0.1, -0.05) is 65.2 Å². The van der Waals surface area contributed by atoms with Crippen LogP contribution in [0.4, 0.5) is 0 Å². The molecule has 0 aliphatic carbocycles. The van der Waals surface area contributed by atoms with Crippen LogP contribution < -0.4 is 33.1 Å². The summed E-state index contributed by atoms with van der Waals surface area (Å²) in [5, 5.41) is 4.23. The van der Waals surface area contributed by atoms with Gasteiger partial charge in [-0.2, -0.15) is 0 Å². The zero-order chi connectivity index (χ0) is 21.8. The summed E-state index contributed by atoms with van der Waals surface area (Å²) in [5.74, 6) is 0.910. The molecule has 0 spiro atoms. The minimum atomic E-state index is -1.92. The molecule has 4 aromatic rings. The van der Waals surface area contributed by atoms with Crippen LogP contribution in [0.25, 0.3) is 0 Å². The molecular weight excluding hydrogens is 431 g/mol. The molecule has 0 aromatic heterocycles. The minimum absolute atomic E-state index is 0. The van der Waals surface area contributed by atoms with Gasteiger partial charge >= 0.3 is 0 Å². The molecule has 0 aliphatic heterocycles. The van der Waals surface area contributed by atoms with Crippen molar-refractivity contribution in [2.75, 3.05) is 7.11 Å². The number of methoxy groups -OCH3 is 1. The molecule has 0 unspecified atom stereocenters. The van der Waals surface area contributed by atoms with Gasteiger partial charge in [0.2, 0.25) is 0 Å².